The van der Waals surface area contributed by atoms with Crippen molar-refractivity contribution < 1.29 is 18.3 Å². The predicted octanol–water partition coefficient (Wildman–Crippen LogP) is 3.88. The average molecular weight is 346 g/mol. The fraction of sp³-hybridized carbons (Fsp3) is 0.368. The predicted molar refractivity (Wildman–Crippen MR) is 89.0 cm³/mol. The number of hydrogen-bond acceptors (Lipinski definition) is 3. The van der Waals surface area contributed by atoms with Crippen LogP contribution in [0, 0.1) is 11.6 Å². The molecular weight excluding hydrogens is 326 g/mol. The van der Waals surface area contributed by atoms with Gasteiger partial charge < -0.3 is 9.64 Å². The topological polar surface area (TPSA) is 42.4 Å². The summed E-state index contributed by atoms with van der Waals surface area (Å²) < 4.78 is 32.1. The van der Waals surface area contributed by atoms with Crippen LogP contribution in [0.1, 0.15) is 37.3 Å². The number of amides is 1. The molecule has 1 amide bonds. The number of halogens is 2. The highest BCUT2D eigenvalue weighted by molar-refractivity contribution is 5.77. The Hall–Kier alpha value is -2.50. The third kappa shape index (κ3) is 4.32. The van der Waals surface area contributed by atoms with Crippen LogP contribution in [-0.2, 0) is 4.79 Å². The zero-order chi connectivity index (χ0) is 17.6. The Morgan fingerprint density at radius 3 is 2.92 bits per heavy atom. The van der Waals surface area contributed by atoms with E-state index in [1.807, 2.05) is 6.07 Å². The minimum absolute atomic E-state index is 0.0158. The van der Waals surface area contributed by atoms with E-state index in [1.165, 1.54) is 6.07 Å². The van der Waals surface area contributed by atoms with E-state index in [1.54, 1.807) is 29.4 Å². The maximum absolute atomic E-state index is 13.5. The van der Waals surface area contributed by atoms with Gasteiger partial charge in [0.25, 0.3) is 0 Å². The molecule has 0 aliphatic carbocycles. The number of pyridine rings is 1. The Balaban J connectivity index is 1.53. The van der Waals surface area contributed by atoms with Crippen LogP contribution in [-0.4, -0.2) is 28.9 Å². The lowest BCUT2D eigenvalue weighted by molar-refractivity contribution is -0.132. The van der Waals surface area contributed by atoms with Crippen LogP contribution in [0.2, 0.25) is 0 Å². The molecule has 0 unspecified atom stereocenters. The summed E-state index contributed by atoms with van der Waals surface area (Å²) in [7, 11) is 0. The molecule has 1 fully saturated rings. The molecule has 132 valence electrons. The summed E-state index contributed by atoms with van der Waals surface area (Å²) in [5.41, 5.74) is 0.649. The van der Waals surface area contributed by atoms with Crippen molar-refractivity contribution in [1.29, 1.82) is 0 Å². The quantitative estimate of drug-likeness (QED) is 0.746. The van der Waals surface area contributed by atoms with Gasteiger partial charge in [-0.1, -0.05) is 6.07 Å². The number of aromatic nitrogens is 1. The molecule has 4 nitrogen and oxygen atoms in total. The van der Waals surface area contributed by atoms with E-state index in [2.05, 4.69) is 4.98 Å². The van der Waals surface area contributed by atoms with Gasteiger partial charge in [-0.25, -0.2) is 8.78 Å². The minimum Gasteiger partial charge on any atom is -0.492 e. The number of rotatable bonds is 6. The summed E-state index contributed by atoms with van der Waals surface area (Å²) in [4.78, 5) is 18.2. The fourth-order valence-electron chi connectivity index (χ4n) is 3.12. The number of carbonyl (C=O) groups excluding carboxylic acids is 1. The molecule has 0 N–H and O–H groups in total. The number of hydrogen-bond donors (Lipinski definition) is 0. The van der Waals surface area contributed by atoms with Gasteiger partial charge >= 0.3 is 0 Å². The molecule has 1 aromatic heterocycles. The third-order valence-corrected chi connectivity index (χ3v) is 4.34. The number of benzene rings is 1. The molecule has 1 aliphatic heterocycles. The van der Waals surface area contributed by atoms with Crippen molar-refractivity contribution in [3.63, 3.8) is 0 Å². The number of carbonyl (C=O) groups is 1. The largest absolute Gasteiger partial charge is 0.492 e. The Labute approximate surface area is 145 Å². The van der Waals surface area contributed by atoms with Gasteiger partial charge in [0, 0.05) is 19.2 Å². The Kier molecular flexibility index (Phi) is 5.58. The number of nitrogens with zero attached hydrogens (tertiary/aromatic N) is 2. The van der Waals surface area contributed by atoms with Crippen molar-refractivity contribution in [3.8, 4) is 5.75 Å². The molecule has 1 aliphatic rings. The van der Waals surface area contributed by atoms with Crippen LogP contribution in [0.5, 0.6) is 5.75 Å². The summed E-state index contributed by atoms with van der Waals surface area (Å²) >= 11 is 0. The second-order valence-electron chi connectivity index (χ2n) is 6.06. The molecule has 25 heavy (non-hydrogen) atoms. The first-order chi connectivity index (χ1) is 12.1. The standard InChI is InChI=1S/C19H20F2N2O2/c20-16-8-7-14(12-17(16)21)18-5-2-10-23(18)19(24)6-3-11-25-15-4-1-9-22-13-15/h1,4,7-9,12-13,18H,2-3,5-6,10-11H2/t18-/m0/s1. The van der Waals surface area contributed by atoms with E-state index in [0.29, 0.717) is 37.3 Å². The van der Waals surface area contributed by atoms with E-state index in [4.69, 9.17) is 4.74 Å². The second-order valence-corrected chi connectivity index (χ2v) is 6.06. The van der Waals surface area contributed by atoms with Crippen LogP contribution in [0.15, 0.2) is 42.7 Å². The van der Waals surface area contributed by atoms with Gasteiger partial charge in [-0.3, -0.25) is 9.78 Å². The molecule has 1 aromatic carbocycles. The normalized spacial score (nSPS) is 16.9. The van der Waals surface area contributed by atoms with Crippen LogP contribution in [0.25, 0.3) is 0 Å². The van der Waals surface area contributed by atoms with Crippen LogP contribution in [0.4, 0.5) is 8.78 Å². The molecule has 2 heterocycles. The van der Waals surface area contributed by atoms with Gasteiger partial charge in [0.15, 0.2) is 11.6 Å². The zero-order valence-corrected chi connectivity index (χ0v) is 13.8. The van der Waals surface area contributed by atoms with Crippen molar-refractivity contribution in [1.82, 2.24) is 9.88 Å². The van der Waals surface area contributed by atoms with E-state index in [0.717, 1.165) is 18.9 Å². The van der Waals surface area contributed by atoms with E-state index >= 15 is 0 Å². The fourth-order valence-corrected chi connectivity index (χ4v) is 3.12. The highest BCUT2D eigenvalue weighted by Crippen LogP contribution is 2.33. The van der Waals surface area contributed by atoms with E-state index in [-0.39, 0.29) is 11.9 Å². The van der Waals surface area contributed by atoms with Gasteiger partial charge in [0.05, 0.1) is 18.8 Å². The smallest absolute Gasteiger partial charge is 0.223 e. The molecule has 0 spiro atoms. The van der Waals surface area contributed by atoms with Gasteiger partial charge in [-0.15, -0.1) is 0 Å². The first-order valence-corrected chi connectivity index (χ1v) is 8.42. The van der Waals surface area contributed by atoms with Crippen molar-refractivity contribution in [3.05, 3.63) is 59.9 Å². The lowest BCUT2D eigenvalue weighted by Gasteiger charge is -2.25. The second kappa shape index (κ2) is 8.05. The highest BCUT2D eigenvalue weighted by atomic mass is 19.2. The molecule has 1 saturated heterocycles. The van der Waals surface area contributed by atoms with E-state index in [9.17, 15) is 13.6 Å². The van der Waals surface area contributed by atoms with Gasteiger partial charge in [0.2, 0.25) is 5.91 Å². The first kappa shape index (κ1) is 17.3. The van der Waals surface area contributed by atoms with E-state index < -0.39 is 11.6 Å². The first-order valence-electron chi connectivity index (χ1n) is 8.42. The SMILES string of the molecule is O=C(CCCOc1cccnc1)N1CCC[C@H]1c1ccc(F)c(F)c1. The van der Waals surface area contributed by atoms with Gasteiger partial charge in [-0.2, -0.15) is 0 Å². The maximum atomic E-state index is 13.5. The Bertz CT molecular complexity index is 725. The molecule has 3 rings (SSSR count). The summed E-state index contributed by atoms with van der Waals surface area (Å²) in [6, 6.07) is 7.29. The molecule has 2 aromatic rings. The minimum atomic E-state index is -0.873. The lowest BCUT2D eigenvalue weighted by atomic mass is 10.0. The molecular formula is C19H20F2N2O2. The van der Waals surface area contributed by atoms with Crippen LogP contribution >= 0.6 is 0 Å². The number of ether oxygens (including phenoxy) is 1. The molecule has 1 atom stereocenters. The number of likely N-dealkylation sites (tertiary alicyclic amines) is 1. The van der Waals surface area contributed by atoms with Crippen LogP contribution in [0.3, 0.4) is 0 Å². The average Bonchev–Trinajstić information content (AvgIpc) is 3.12. The third-order valence-electron chi connectivity index (χ3n) is 4.34. The maximum Gasteiger partial charge on any atom is 0.223 e. The summed E-state index contributed by atoms with van der Waals surface area (Å²) in [5.74, 6) is -1.05. The molecule has 6 heteroatoms. The monoisotopic (exact) mass is 346 g/mol. The Morgan fingerprint density at radius 1 is 1.28 bits per heavy atom. The van der Waals surface area contributed by atoms with Crippen molar-refractivity contribution in [2.24, 2.45) is 0 Å². The van der Waals surface area contributed by atoms with Gasteiger partial charge in [0.1, 0.15) is 5.75 Å². The zero-order valence-electron chi connectivity index (χ0n) is 13.8. The molecule has 0 radical (unpaired) electrons. The summed E-state index contributed by atoms with van der Waals surface area (Å²) in [6.45, 7) is 1.08. The Morgan fingerprint density at radius 2 is 2.16 bits per heavy atom. The molecule has 0 bridgehead atoms. The van der Waals surface area contributed by atoms with Crippen LogP contribution < -0.4 is 4.74 Å². The summed E-state index contributed by atoms with van der Waals surface area (Å²) in [5, 5.41) is 0. The van der Waals surface area contributed by atoms with Crippen molar-refractivity contribution in [2.75, 3.05) is 13.2 Å². The van der Waals surface area contributed by atoms with Gasteiger partial charge in [-0.05, 0) is 49.1 Å². The highest BCUT2D eigenvalue weighted by Gasteiger charge is 2.30. The summed E-state index contributed by atoms with van der Waals surface area (Å²) in [6.07, 6.45) is 5.88. The lowest BCUT2D eigenvalue weighted by Crippen LogP contribution is -2.30. The molecule has 0 saturated carbocycles. The van der Waals surface area contributed by atoms with Crippen molar-refractivity contribution in [2.45, 2.75) is 31.7 Å². The van der Waals surface area contributed by atoms with Crippen molar-refractivity contribution >= 4 is 5.91 Å².